The van der Waals surface area contributed by atoms with Crippen molar-refractivity contribution in [2.45, 2.75) is 13.5 Å². The standard InChI is InChI=1S/C15H12N4O5S/c1-8-12(19(22)24-18-8)7-23-10-4-2-9(3-5-10)6-11-13(20)16-15(25)17-14(11)21/h2-6H,7H2,1H3,(H2,16,17,20,21,25). The lowest BCUT2D eigenvalue weighted by atomic mass is 10.1. The van der Waals surface area contributed by atoms with Gasteiger partial charge in [-0.05, 0) is 40.9 Å². The van der Waals surface area contributed by atoms with Gasteiger partial charge in [0.25, 0.3) is 11.8 Å². The first-order valence-electron chi connectivity index (χ1n) is 7.10. The van der Waals surface area contributed by atoms with Gasteiger partial charge in [-0.3, -0.25) is 24.9 Å². The van der Waals surface area contributed by atoms with Crippen LogP contribution in [0, 0.1) is 12.1 Å². The number of amides is 2. The van der Waals surface area contributed by atoms with E-state index in [-0.39, 0.29) is 23.0 Å². The van der Waals surface area contributed by atoms with Crippen molar-refractivity contribution >= 4 is 35.2 Å². The maximum absolute atomic E-state index is 11.8. The predicted octanol–water partition coefficient (Wildman–Crippen LogP) is 0.110. The summed E-state index contributed by atoms with van der Waals surface area (Å²) in [5.41, 5.74) is 1.30. The number of hydrogen-bond donors (Lipinski definition) is 2. The molecule has 0 aliphatic carbocycles. The van der Waals surface area contributed by atoms with Gasteiger partial charge in [-0.15, -0.1) is 0 Å². The smallest absolute Gasteiger partial charge is 0.263 e. The van der Waals surface area contributed by atoms with E-state index in [1.54, 1.807) is 31.2 Å². The molecule has 0 unspecified atom stereocenters. The number of nitrogens with zero attached hydrogens (tertiary/aromatic N) is 2. The Morgan fingerprint density at radius 1 is 1.28 bits per heavy atom. The van der Waals surface area contributed by atoms with Gasteiger partial charge in [0.1, 0.15) is 11.3 Å². The molecular formula is C15H12N4O5S. The molecule has 9 nitrogen and oxygen atoms in total. The van der Waals surface area contributed by atoms with Crippen LogP contribution in [0.2, 0.25) is 0 Å². The number of hydrogen-bond acceptors (Lipinski definition) is 7. The highest BCUT2D eigenvalue weighted by Gasteiger charge is 2.25. The topological polar surface area (TPSA) is 120 Å². The van der Waals surface area contributed by atoms with Gasteiger partial charge in [-0.25, -0.2) is 0 Å². The molecule has 1 aromatic carbocycles. The predicted molar refractivity (Wildman–Crippen MR) is 87.8 cm³/mol. The quantitative estimate of drug-likeness (QED) is 0.344. The lowest BCUT2D eigenvalue weighted by Crippen LogP contribution is -2.51. The molecule has 2 aromatic rings. The molecule has 1 aromatic heterocycles. The summed E-state index contributed by atoms with van der Waals surface area (Å²) in [5, 5.41) is 19.6. The SMILES string of the molecule is Cc1no[n+]([O-])c1COc1ccc(C=C2C(=O)NC(=S)NC2=O)cc1. The summed E-state index contributed by atoms with van der Waals surface area (Å²) >= 11 is 4.73. The van der Waals surface area contributed by atoms with Crippen molar-refractivity contribution in [3.05, 3.63) is 52.0 Å². The summed E-state index contributed by atoms with van der Waals surface area (Å²) in [6, 6.07) is 6.63. The zero-order valence-corrected chi connectivity index (χ0v) is 13.8. The molecule has 2 amide bonds. The third-order valence-corrected chi connectivity index (χ3v) is 3.60. The van der Waals surface area contributed by atoms with E-state index in [0.29, 0.717) is 21.9 Å². The third-order valence-electron chi connectivity index (χ3n) is 3.40. The Morgan fingerprint density at radius 2 is 1.92 bits per heavy atom. The van der Waals surface area contributed by atoms with Gasteiger partial charge >= 0.3 is 0 Å². The Bertz CT molecular complexity index is 846. The molecule has 3 rings (SSSR count). The number of benzene rings is 1. The molecule has 0 atom stereocenters. The highest BCUT2D eigenvalue weighted by atomic mass is 32.1. The van der Waals surface area contributed by atoms with E-state index in [9.17, 15) is 14.8 Å². The van der Waals surface area contributed by atoms with E-state index in [0.717, 1.165) is 0 Å². The molecule has 10 heteroatoms. The molecule has 2 heterocycles. The van der Waals surface area contributed by atoms with Crippen molar-refractivity contribution in [2.75, 3.05) is 0 Å². The van der Waals surface area contributed by atoms with Crippen molar-refractivity contribution in [2.24, 2.45) is 0 Å². The fraction of sp³-hybridized carbons (Fsp3) is 0.133. The van der Waals surface area contributed by atoms with Gasteiger partial charge < -0.3 is 9.94 Å². The minimum absolute atomic E-state index is 0.00151. The highest BCUT2D eigenvalue weighted by molar-refractivity contribution is 7.80. The molecule has 1 saturated heterocycles. The largest absolute Gasteiger partial charge is 0.485 e. The first-order chi connectivity index (χ1) is 11.9. The van der Waals surface area contributed by atoms with Crippen molar-refractivity contribution < 1.29 is 23.9 Å². The maximum atomic E-state index is 11.8. The second-order valence-corrected chi connectivity index (χ2v) is 5.52. The molecule has 25 heavy (non-hydrogen) atoms. The Balaban J connectivity index is 1.70. The summed E-state index contributed by atoms with van der Waals surface area (Å²) in [6.45, 7) is 1.64. The van der Waals surface area contributed by atoms with Crippen LogP contribution in [0.15, 0.2) is 34.5 Å². The van der Waals surface area contributed by atoms with Crippen molar-refractivity contribution in [1.29, 1.82) is 0 Å². The summed E-state index contributed by atoms with van der Waals surface area (Å²) < 4.78 is 9.95. The maximum Gasteiger partial charge on any atom is 0.263 e. The third kappa shape index (κ3) is 3.63. The number of carbonyl (C=O) groups is 2. The van der Waals surface area contributed by atoms with Crippen molar-refractivity contribution in [1.82, 2.24) is 15.8 Å². The Morgan fingerprint density at radius 3 is 2.48 bits per heavy atom. The normalized spacial score (nSPS) is 14.1. The van der Waals surface area contributed by atoms with Gasteiger partial charge in [-0.1, -0.05) is 12.1 Å². The lowest BCUT2D eigenvalue weighted by molar-refractivity contribution is -0.808. The van der Waals surface area contributed by atoms with E-state index in [1.165, 1.54) is 6.08 Å². The van der Waals surface area contributed by atoms with Crippen LogP contribution in [0.4, 0.5) is 0 Å². The minimum atomic E-state index is -0.558. The number of nitrogens with one attached hydrogen (secondary N) is 2. The van der Waals surface area contributed by atoms with Crippen LogP contribution < -0.4 is 20.3 Å². The molecule has 128 valence electrons. The molecule has 1 aliphatic heterocycles. The Hall–Kier alpha value is -3.27. The summed E-state index contributed by atoms with van der Waals surface area (Å²) in [6.07, 6.45) is 1.44. The molecule has 1 aliphatic rings. The van der Waals surface area contributed by atoms with E-state index in [4.69, 9.17) is 17.0 Å². The number of aromatic nitrogens is 2. The van der Waals surface area contributed by atoms with Crippen LogP contribution >= 0.6 is 12.2 Å². The van der Waals surface area contributed by atoms with E-state index in [1.807, 2.05) is 0 Å². The number of ether oxygens (including phenoxy) is 1. The second kappa shape index (κ2) is 6.69. The summed E-state index contributed by atoms with van der Waals surface area (Å²) in [4.78, 5) is 23.9. The lowest BCUT2D eigenvalue weighted by Gasteiger charge is -2.16. The molecule has 0 bridgehead atoms. The molecule has 1 fully saturated rings. The average molecular weight is 360 g/mol. The van der Waals surface area contributed by atoms with Gasteiger partial charge in [-0.2, -0.15) is 0 Å². The molecular weight excluding hydrogens is 348 g/mol. The van der Waals surface area contributed by atoms with Crippen LogP contribution in [0.3, 0.4) is 0 Å². The van der Waals surface area contributed by atoms with Crippen molar-refractivity contribution in [3.63, 3.8) is 0 Å². The number of rotatable bonds is 4. The summed E-state index contributed by atoms with van der Waals surface area (Å²) in [7, 11) is 0. The fourth-order valence-corrected chi connectivity index (χ4v) is 2.26. The highest BCUT2D eigenvalue weighted by Crippen LogP contribution is 2.17. The van der Waals surface area contributed by atoms with Gasteiger partial charge in [0.05, 0.1) is 0 Å². The Kier molecular flexibility index (Phi) is 4.44. The van der Waals surface area contributed by atoms with E-state index < -0.39 is 11.8 Å². The number of thiocarbonyl (C=S) groups is 1. The zero-order chi connectivity index (χ0) is 18.0. The summed E-state index contributed by atoms with van der Waals surface area (Å²) in [5.74, 6) is -0.615. The van der Waals surface area contributed by atoms with Crippen LogP contribution in [0.25, 0.3) is 6.08 Å². The number of carbonyl (C=O) groups excluding carboxylic acids is 2. The second-order valence-electron chi connectivity index (χ2n) is 5.12. The molecule has 2 N–H and O–H groups in total. The van der Waals surface area contributed by atoms with Crippen LogP contribution in [-0.4, -0.2) is 22.1 Å². The van der Waals surface area contributed by atoms with Crippen LogP contribution in [0.1, 0.15) is 17.0 Å². The van der Waals surface area contributed by atoms with E-state index in [2.05, 4.69) is 20.4 Å². The molecule has 0 radical (unpaired) electrons. The van der Waals surface area contributed by atoms with Crippen molar-refractivity contribution in [3.8, 4) is 5.75 Å². The first kappa shape index (κ1) is 16.6. The first-order valence-corrected chi connectivity index (χ1v) is 7.51. The van der Waals surface area contributed by atoms with Gasteiger partial charge in [0.15, 0.2) is 11.7 Å². The van der Waals surface area contributed by atoms with Crippen LogP contribution in [0.5, 0.6) is 5.75 Å². The molecule has 0 saturated carbocycles. The minimum Gasteiger partial charge on any atom is -0.485 e. The number of aryl methyl sites for hydroxylation is 1. The van der Waals surface area contributed by atoms with Gasteiger partial charge in [0.2, 0.25) is 11.4 Å². The Labute approximate surface area is 146 Å². The van der Waals surface area contributed by atoms with E-state index >= 15 is 0 Å². The fourth-order valence-electron chi connectivity index (χ4n) is 2.07. The van der Waals surface area contributed by atoms with Crippen LogP contribution in [-0.2, 0) is 16.2 Å². The monoisotopic (exact) mass is 360 g/mol. The van der Waals surface area contributed by atoms with Gasteiger partial charge in [0, 0.05) is 12.1 Å². The zero-order valence-electron chi connectivity index (χ0n) is 12.9. The average Bonchev–Trinajstić information content (AvgIpc) is 2.88. The molecule has 0 spiro atoms.